The minimum Gasteiger partial charge on any atom is -0.350 e. The van der Waals surface area contributed by atoms with Gasteiger partial charge in [0.2, 0.25) is 5.91 Å². The van der Waals surface area contributed by atoms with Gasteiger partial charge in [-0.3, -0.25) is 10.2 Å². The van der Waals surface area contributed by atoms with E-state index in [0.717, 1.165) is 6.54 Å². The van der Waals surface area contributed by atoms with Crippen molar-refractivity contribution in [2.45, 2.75) is 19.9 Å². The Labute approximate surface area is 66.1 Å². The van der Waals surface area contributed by atoms with Crippen molar-refractivity contribution in [1.82, 2.24) is 10.2 Å². The molecular formula is C7H13N3O. The van der Waals surface area contributed by atoms with Gasteiger partial charge in [0.1, 0.15) is 0 Å². The predicted molar refractivity (Wildman–Crippen MR) is 42.6 cm³/mol. The van der Waals surface area contributed by atoms with Gasteiger partial charge in [0.25, 0.3) is 0 Å². The van der Waals surface area contributed by atoms with Crippen LogP contribution in [-0.2, 0) is 4.79 Å². The van der Waals surface area contributed by atoms with Crippen molar-refractivity contribution in [2.75, 3.05) is 13.1 Å². The number of rotatable bonds is 0. The summed E-state index contributed by atoms with van der Waals surface area (Å²) in [6.45, 7) is 4.72. The van der Waals surface area contributed by atoms with Gasteiger partial charge in [0.05, 0.1) is 12.4 Å². The molecule has 2 N–H and O–H groups in total. The molecule has 11 heavy (non-hydrogen) atoms. The third kappa shape index (κ3) is 1.93. The van der Waals surface area contributed by atoms with Gasteiger partial charge in [-0.1, -0.05) is 0 Å². The zero-order chi connectivity index (χ0) is 8.43. The highest BCUT2D eigenvalue weighted by Gasteiger charge is 2.20. The number of carbonyl (C=O) groups excluding carboxylic acids is 1. The average Bonchev–Trinajstić information content (AvgIpc) is 1.85. The van der Waals surface area contributed by atoms with Gasteiger partial charge in [-0.2, -0.15) is 0 Å². The van der Waals surface area contributed by atoms with E-state index in [1.54, 1.807) is 11.8 Å². The predicted octanol–water partition coefficient (Wildman–Crippen LogP) is -0.196. The van der Waals surface area contributed by atoms with Gasteiger partial charge in [-0.25, -0.2) is 0 Å². The molecule has 0 aromatic heterocycles. The number of hydrogen-bond acceptors (Lipinski definition) is 2. The van der Waals surface area contributed by atoms with Crippen molar-refractivity contribution >= 4 is 11.7 Å². The summed E-state index contributed by atoms with van der Waals surface area (Å²) in [5, 5.41) is 10.1. The third-order valence-corrected chi connectivity index (χ3v) is 1.71. The summed E-state index contributed by atoms with van der Waals surface area (Å²) >= 11 is 0. The summed E-state index contributed by atoms with van der Waals surface area (Å²) in [7, 11) is 0. The summed E-state index contributed by atoms with van der Waals surface area (Å²) in [5.74, 6) is 0.474. The quantitative estimate of drug-likeness (QED) is 0.376. The molecule has 4 heteroatoms. The molecule has 0 radical (unpaired) electrons. The van der Waals surface area contributed by atoms with E-state index in [1.165, 1.54) is 0 Å². The van der Waals surface area contributed by atoms with Crippen LogP contribution >= 0.6 is 0 Å². The highest BCUT2D eigenvalue weighted by molar-refractivity contribution is 5.86. The molecule has 0 aromatic rings. The minimum absolute atomic E-state index is 0.00958. The van der Waals surface area contributed by atoms with Crippen molar-refractivity contribution in [2.24, 2.45) is 0 Å². The van der Waals surface area contributed by atoms with Crippen LogP contribution in [0.4, 0.5) is 0 Å². The van der Waals surface area contributed by atoms with E-state index >= 15 is 0 Å². The topological polar surface area (TPSA) is 56.2 Å². The molecule has 62 valence electrons. The first-order chi connectivity index (χ1) is 5.09. The summed E-state index contributed by atoms with van der Waals surface area (Å²) in [6, 6.07) is 0.163. The van der Waals surface area contributed by atoms with E-state index in [-0.39, 0.29) is 11.9 Å². The fraction of sp³-hybridized carbons (Fsp3) is 0.714. The first-order valence-corrected chi connectivity index (χ1v) is 3.69. The molecule has 1 saturated heterocycles. The Hall–Kier alpha value is -1.06. The monoisotopic (exact) mass is 155 g/mol. The molecule has 0 bridgehead atoms. The van der Waals surface area contributed by atoms with Crippen LogP contribution in [0, 0.1) is 5.41 Å². The van der Waals surface area contributed by atoms with Crippen LogP contribution in [0.5, 0.6) is 0 Å². The van der Waals surface area contributed by atoms with Crippen LogP contribution in [0.25, 0.3) is 0 Å². The maximum atomic E-state index is 10.9. The molecule has 0 saturated carbocycles. The number of carbonyl (C=O) groups is 1. The van der Waals surface area contributed by atoms with Gasteiger partial charge in [0.15, 0.2) is 0 Å². The van der Waals surface area contributed by atoms with Crippen molar-refractivity contribution in [1.29, 1.82) is 5.41 Å². The normalized spacial score (nSPS) is 24.7. The maximum Gasteiger partial charge on any atom is 0.239 e. The Morgan fingerprint density at radius 1 is 1.82 bits per heavy atom. The zero-order valence-corrected chi connectivity index (χ0v) is 6.85. The van der Waals surface area contributed by atoms with Gasteiger partial charge in [-0.05, 0) is 13.8 Å². The lowest BCUT2D eigenvalue weighted by Gasteiger charge is -2.31. The van der Waals surface area contributed by atoms with Crippen molar-refractivity contribution < 1.29 is 4.79 Å². The number of amidine groups is 1. The number of nitrogens with one attached hydrogen (secondary N) is 2. The van der Waals surface area contributed by atoms with E-state index in [4.69, 9.17) is 5.41 Å². The molecule has 1 rings (SSSR count). The number of amides is 1. The molecule has 1 amide bonds. The van der Waals surface area contributed by atoms with E-state index in [1.807, 2.05) is 6.92 Å². The van der Waals surface area contributed by atoms with Crippen LogP contribution < -0.4 is 5.32 Å². The molecule has 1 heterocycles. The second kappa shape index (κ2) is 2.90. The van der Waals surface area contributed by atoms with Crippen molar-refractivity contribution in [3.05, 3.63) is 0 Å². The van der Waals surface area contributed by atoms with Gasteiger partial charge < -0.3 is 10.2 Å². The molecule has 1 atom stereocenters. The van der Waals surface area contributed by atoms with Crippen LogP contribution in [0.15, 0.2) is 0 Å². The summed E-state index contributed by atoms with van der Waals surface area (Å²) in [5.41, 5.74) is 0. The highest BCUT2D eigenvalue weighted by atomic mass is 16.2. The maximum absolute atomic E-state index is 10.9. The van der Waals surface area contributed by atoms with E-state index in [9.17, 15) is 4.79 Å². The molecular weight excluding hydrogens is 142 g/mol. The minimum atomic E-state index is 0.00958. The lowest BCUT2D eigenvalue weighted by molar-refractivity contribution is -0.123. The smallest absolute Gasteiger partial charge is 0.239 e. The molecule has 0 aromatic carbocycles. The number of nitrogens with zero attached hydrogens (tertiary/aromatic N) is 1. The van der Waals surface area contributed by atoms with Crippen LogP contribution in [0.1, 0.15) is 13.8 Å². The van der Waals surface area contributed by atoms with Crippen LogP contribution in [-0.4, -0.2) is 35.8 Å². The second-order valence-corrected chi connectivity index (χ2v) is 2.93. The standard InChI is InChI=1S/C7H13N3O/c1-5-3-10(6(2)8)4-7(11)9-5/h5,8H,3-4H2,1-2H3,(H,9,11). The Bertz CT molecular complexity index is 190. The molecule has 4 nitrogen and oxygen atoms in total. The van der Waals surface area contributed by atoms with Gasteiger partial charge in [-0.15, -0.1) is 0 Å². The average molecular weight is 155 g/mol. The Morgan fingerprint density at radius 3 is 2.91 bits per heavy atom. The van der Waals surface area contributed by atoms with E-state index in [2.05, 4.69) is 5.32 Å². The SMILES string of the molecule is CC(=N)N1CC(=O)NC(C)C1. The van der Waals surface area contributed by atoms with Gasteiger partial charge >= 0.3 is 0 Å². The fourth-order valence-corrected chi connectivity index (χ4v) is 1.19. The summed E-state index contributed by atoms with van der Waals surface area (Å²) in [6.07, 6.45) is 0. The molecule has 0 aliphatic carbocycles. The van der Waals surface area contributed by atoms with Crippen LogP contribution in [0.2, 0.25) is 0 Å². The van der Waals surface area contributed by atoms with Crippen molar-refractivity contribution in [3.63, 3.8) is 0 Å². The van der Waals surface area contributed by atoms with E-state index < -0.39 is 0 Å². The fourth-order valence-electron chi connectivity index (χ4n) is 1.19. The second-order valence-electron chi connectivity index (χ2n) is 2.93. The zero-order valence-electron chi connectivity index (χ0n) is 6.85. The summed E-state index contributed by atoms with van der Waals surface area (Å²) < 4.78 is 0. The lowest BCUT2D eigenvalue weighted by Crippen LogP contribution is -2.53. The first-order valence-electron chi connectivity index (χ1n) is 3.69. The van der Waals surface area contributed by atoms with E-state index in [0.29, 0.717) is 12.4 Å². The third-order valence-electron chi connectivity index (χ3n) is 1.71. The Kier molecular flexibility index (Phi) is 2.12. The molecule has 1 aliphatic rings. The first kappa shape index (κ1) is 8.04. The largest absolute Gasteiger partial charge is 0.350 e. The number of piperazine rings is 1. The van der Waals surface area contributed by atoms with Gasteiger partial charge in [0, 0.05) is 12.6 Å². The molecule has 1 aliphatic heterocycles. The molecule has 1 fully saturated rings. The Balaban J connectivity index is 2.56. The highest BCUT2D eigenvalue weighted by Crippen LogP contribution is 1.99. The van der Waals surface area contributed by atoms with Crippen LogP contribution in [0.3, 0.4) is 0 Å². The molecule has 1 unspecified atom stereocenters. The molecule has 0 spiro atoms. The summed E-state index contributed by atoms with van der Waals surface area (Å²) in [4.78, 5) is 12.7. The Morgan fingerprint density at radius 2 is 2.45 bits per heavy atom. The lowest BCUT2D eigenvalue weighted by atomic mass is 10.2. The number of hydrogen-bond donors (Lipinski definition) is 2. The van der Waals surface area contributed by atoms with Crippen molar-refractivity contribution in [3.8, 4) is 0 Å².